The molecule has 0 aliphatic carbocycles. The number of hydrogen-bond acceptors (Lipinski definition) is 3. The van der Waals surface area contributed by atoms with Crippen LogP contribution in [0.5, 0.6) is 11.5 Å². The zero-order valence-electron chi connectivity index (χ0n) is 13.3. The lowest BCUT2D eigenvalue weighted by Gasteiger charge is -2.21. The highest BCUT2D eigenvalue weighted by Crippen LogP contribution is 2.28. The molecule has 0 unspecified atom stereocenters. The van der Waals surface area contributed by atoms with Crippen molar-refractivity contribution >= 4 is 15.9 Å². The van der Waals surface area contributed by atoms with Gasteiger partial charge in [0.2, 0.25) is 0 Å². The molecule has 0 heterocycles. The Morgan fingerprint density at radius 1 is 0.864 bits per heavy atom. The average Bonchev–Trinajstić information content (AvgIpc) is 2.56. The van der Waals surface area contributed by atoms with Crippen molar-refractivity contribution in [2.45, 2.75) is 20.0 Å². The molecule has 0 aliphatic rings. The molecule has 0 N–H and O–H groups in total. The maximum absolute atomic E-state index is 5.37. The van der Waals surface area contributed by atoms with Gasteiger partial charge in [-0.25, -0.2) is 0 Å². The van der Waals surface area contributed by atoms with E-state index in [1.54, 1.807) is 14.2 Å². The van der Waals surface area contributed by atoms with Gasteiger partial charge in [0.15, 0.2) is 11.5 Å². The summed E-state index contributed by atoms with van der Waals surface area (Å²) in [6, 6.07) is 14.6. The van der Waals surface area contributed by atoms with Gasteiger partial charge in [-0.2, -0.15) is 0 Å². The molecular weight excluding hydrogens is 342 g/mol. The van der Waals surface area contributed by atoms with Crippen molar-refractivity contribution in [3.8, 4) is 11.5 Å². The molecule has 0 saturated carbocycles. The number of halogens is 1. The monoisotopic (exact) mass is 363 g/mol. The second kappa shape index (κ2) is 8.20. The lowest BCUT2D eigenvalue weighted by molar-refractivity contribution is 0.270. The lowest BCUT2D eigenvalue weighted by Crippen LogP contribution is -2.22. The summed E-state index contributed by atoms with van der Waals surface area (Å²) in [5, 5.41) is 0. The number of hydrogen-bond donors (Lipinski definition) is 0. The van der Waals surface area contributed by atoms with Gasteiger partial charge in [0.25, 0.3) is 0 Å². The minimum absolute atomic E-state index is 0.766. The van der Waals surface area contributed by atoms with E-state index in [-0.39, 0.29) is 0 Å². The van der Waals surface area contributed by atoms with Crippen LogP contribution >= 0.6 is 15.9 Å². The van der Waals surface area contributed by atoms with E-state index >= 15 is 0 Å². The first-order chi connectivity index (χ1) is 10.7. The van der Waals surface area contributed by atoms with Crippen LogP contribution in [0.4, 0.5) is 0 Å². The molecule has 0 aromatic heterocycles. The van der Waals surface area contributed by atoms with Gasteiger partial charge in [-0.1, -0.05) is 41.1 Å². The molecule has 0 aliphatic heterocycles. The summed E-state index contributed by atoms with van der Waals surface area (Å²) in [6.07, 6.45) is 0. The Hall–Kier alpha value is -1.52. The highest BCUT2D eigenvalue weighted by molar-refractivity contribution is 9.10. The highest BCUT2D eigenvalue weighted by Gasteiger charge is 2.09. The summed E-state index contributed by atoms with van der Waals surface area (Å²) in [6.45, 7) is 4.98. The fourth-order valence-corrected chi connectivity index (χ4v) is 2.63. The van der Waals surface area contributed by atoms with Gasteiger partial charge >= 0.3 is 0 Å². The minimum Gasteiger partial charge on any atom is -0.493 e. The molecule has 22 heavy (non-hydrogen) atoms. The van der Waals surface area contributed by atoms with Gasteiger partial charge in [0.05, 0.1) is 14.2 Å². The summed E-state index contributed by atoms with van der Waals surface area (Å²) < 4.78 is 11.8. The van der Waals surface area contributed by atoms with Crippen LogP contribution in [-0.2, 0) is 13.1 Å². The number of benzene rings is 2. The van der Waals surface area contributed by atoms with E-state index in [9.17, 15) is 0 Å². The van der Waals surface area contributed by atoms with Crippen LogP contribution < -0.4 is 9.47 Å². The summed E-state index contributed by atoms with van der Waals surface area (Å²) >= 11 is 3.47. The standard InChI is InChI=1S/C18H22BrNO2/c1-4-20(12-14-5-8-16(19)9-6-14)13-15-7-10-17(21-2)18(11-15)22-3/h5-11H,4,12-13H2,1-3H3. The normalized spacial score (nSPS) is 10.8. The molecule has 0 spiro atoms. The molecule has 3 nitrogen and oxygen atoms in total. The van der Waals surface area contributed by atoms with Gasteiger partial charge in [-0.15, -0.1) is 0 Å². The van der Waals surface area contributed by atoms with Crippen molar-refractivity contribution in [1.29, 1.82) is 0 Å². The smallest absolute Gasteiger partial charge is 0.161 e. The van der Waals surface area contributed by atoms with Gasteiger partial charge < -0.3 is 9.47 Å². The molecule has 4 heteroatoms. The molecule has 0 radical (unpaired) electrons. The largest absolute Gasteiger partial charge is 0.493 e. The van der Waals surface area contributed by atoms with E-state index in [0.717, 1.165) is 35.6 Å². The molecule has 2 aromatic rings. The average molecular weight is 364 g/mol. The third-order valence-corrected chi connectivity index (χ3v) is 4.15. The number of methoxy groups -OCH3 is 2. The van der Waals surface area contributed by atoms with Gasteiger partial charge in [0.1, 0.15) is 0 Å². The van der Waals surface area contributed by atoms with E-state index in [2.05, 4.69) is 58.1 Å². The molecule has 2 rings (SSSR count). The Bertz CT molecular complexity index is 599. The molecule has 0 amide bonds. The fraction of sp³-hybridized carbons (Fsp3) is 0.333. The predicted molar refractivity (Wildman–Crippen MR) is 93.5 cm³/mol. The van der Waals surface area contributed by atoms with Crippen molar-refractivity contribution < 1.29 is 9.47 Å². The van der Waals surface area contributed by atoms with E-state index < -0.39 is 0 Å². The third-order valence-electron chi connectivity index (χ3n) is 3.62. The van der Waals surface area contributed by atoms with Gasteiger partial charge in [-0.05, 0) is 41.9 Å². The topological polar surface area (TPSA) is 21.7 Å². The summed E-state index contributed by atoms with van der Waals surface area (Å²) in [5.41, 5.74) is 2.53. The Kier molecular flexibility index (Phi) is 6.28. The van der Waals surface area contributed by atoms with E-state index in [0.29, 0.717) is 0 Å². The molecule has 0 atom stereocenters. The zero-order valence-corrected chi connectivity index (χ0v) is 14.9. The molecular formula is C18H22BrNO2. The highest BCUT2D eigenvalue weighted by atomic mass is 79.9. The fourth-order valence-electron chi connectivity index (χ4n) is 2.36. The van der Waals surface area contributed by atoms with Crippen LogP contribution in [0, 0.1) is 0 Å². The SMILES string of the molecule is CCN(Cc1ccc(Br)cc1)Cc1ccc(OC)c(OC)c1. The van der Waals surface area contributed by atoms with Crippen molar-refractivity contribution in [2.75, 3.05) is 20.8 Å². The number of rotatable bonds is 7. The van der Waals surface area contributed by atoms with Crippen LogP contribution in [0.2, 0.25) is 0 Å². The van der Waals surface area contributed by atoms with Crippen LogP contribution in [-0.4, -0.2) is 25.7 Å². The van der Waals surface area contributed by atoms with Crippen molar-refractivity contribution in [2.24, 2.45) is 0 Å². The Balaban J connectivity index is 2.07. The van der Waals surface area contributed by atoms with Crippen LogP contribution in [0.1, 0.15) is 18.1 Å². The maximum Gasteiger partial charge on any atom is 0.161 e. The minimum atomic E-state index is 0.766. The summed E-state index contributed by atoms with van der Waals surface area (Å²) in [4.78, 5) is 2.39. The van der Waals surface area contributed by atoms with Crippen molar-refractivity contribution in [1.82, 2.24) is 4.90 Å². The lowest BCUT2D eigenvalue weighted by atomic mass is 10.1. The first-order valence-corrected chi connectivity index (χ1v) is 8.13. The summed E-state index contributed by atoms with van der Waals surface area (Å²) in [7, 11) is 3.32. The number of ether oxygens (including phenoxy) is 2. The Labute approximate surface area is 141 Å². The quantitative estimate of drug-likeness (QED) is 0.723. The number of nitrogens with zero attached hydrogens (tertiary/aromatic N) is 1. The Morgan fingerprint density at radius 2 is 1.45 bits per heavy atom. The first-order valence-electron chi connectivity index (χ1n) is 7.34. The van der Waals surface area contributed by atoms with Crippen LogP contribution in [0.25, 0.3) is 0 Å². The molecule has 0 saturated heterocycles. The molecule has 0 fully saturated rings. The van der Waals surface area contributed by atoms with Gasteiger partial charge in [-0.3, -0.25) is 4.90 Å². The van der Waals surface area contributed by atoms with E-state index in [1.165, 1.54) is 11.1 Å². The van der Waals surface area contributed by atoms with E-state index in [1.807, 2.05) is 12.1 Å². The van der Waals surface area contributed by atoms with Gasteiger partial charge in [0, 0.05) is 17.6 Å². The molecule has 118 valence electrons. The second-order valence-corrected chi connectivity index (χ2v) is 6.03. The maximum atomic E-state index is 5.37. The molecule has 2 aromatic carbocycles. The third kappa shape index (κ3) is 4.49. The van der Waals surface area contributed by atoms with E-state index in [4.69, 9.17) is 9.47 Å². The molecule has 0 bridgehead atoms. The predicted octanol–water partition coefficient (Wildman–Crippen LogP) is 4.49. The van der Waals surface area contributed by atoms with Crippen LogP contribution in [0.3, 0.4) is 0 Å². The van der Waals surface area contributed by atoms with Crippen molar-refractivity contribution in [3.05, 3.63) is 58.1 Å². The van der Waals surface area contributed by atoms with Crippen LogP contribution in [0.15, 0.2) is 46.9 Å². The second-order valence-electron chi connectivity index (χ2n) is 5.12. The zero-order chi connectivity index (χ0) is 15.9. The Morgan fingerprint density at radius 3 is 2.05 bits per heavy atom. The first kappa shape index (κ1) is 16.8. The summed E-state index contributed by atoms with van der Waals surface area (Å²) in [5.74, 6) is 1.54. The van der Waals surface area contributed by atoms with Crippen molar-refractivity contribution in [3.63, 3.8) is 0 Å².